The van der Waals surface area contributed by atoms with Crippen LogP contribution in [0.3, 0.4) is 0 Å². The summed E-state index contributed by atoms with van der Waals surface area (Å²) in [5, 5.41) is 22.5. The number of nitrogens with zero attached hydrogens (tertiary/aromatic N) is 4. The van der Waals surface area contributed by atoms with E-state index in [-0.39, 0.29) is 10.8 Å². The Balaban J connectivity index is 2.06. The smallest absolute Gasteiger partial charge is 0.101 e. The molecule has 2 heterocycles. The summed E-state index contributed by atoms with van der Waals surface area (Å²) in [6.07, 6.45) is 1.84. The van der Waals surface area contributed by atoms with E-state index in [4.69, 9.17) is 0 Å². The molecule has 0 radical (unpaired) electrons. The normalized spacial score (nSPS) is 12.6. The summed E-state index contributed by atoms with van der Waals surface area (Å²) in [4.78, 5) is 0. The second-order valence-electron chi connectivity index (χ2n) is 9.40. The van der Waals surface area contributed by atoms with Crippen molar-refractivity contribution in [2.24, 2.45) is 0 Å². The second-order valence-corrected chi connectivity index (χ2v) is 9.40. The zero-order chi connectivity index (χ0) is 20.1. The molecule has 2 aromatic carbocycles. The Kier molecular flexibility index (Phi) is 4.18. The molecule has 0 aliphatic rings. The van der Waals surface area contributed by atoms with Crippen LogP contribution >= 0.6 is 0 Å². The minimum Gasteiger partial charge on any atom is -0.158 e. The van der Waals surface area contributed by atoms with Crippen LogP contribution in [0, 0.1) is 0 Å². The van der Waals surface area contributed by atoms with Gasteiger partial charge in [0.1, 0.15) is 5.69 Å². The van der Waals surface area contributed by atoms with Crippen LogP contribution in [-0.2, 0) is 10.8 Å². The molecular formula is C24H26N4. The molecule has 0 unspecified atom stereocenters. The molecule has 0 fully saturated rings. The van der Waals surface area contributed by atoms with E-state index in [0.717, 1.165) is 44.2 Å². The number of hydrogen-bond donors (Lipinski definition) is 0. The lowest BCUT2D eigenvalue weighted by molar-refractivity contribution is 0.565. The average molecular weight is 371 g/mol. The lowest BCUT2D eigenvalue weighted by atomic mass is 9.86. The van der Waals surface area contributed by atoms with Gasteiger partial charge in [-0.3, -0.25) is 0 Å². The highest BCUT2D eigenvalue weighted by atomic mass is 15.1. The highest BCUT2D eigenvalue weighted by Gasteiger charge is 2.23. The third kappa shape index (κ3) is 3.03. The first-order valence-corrected chi connectivity index (χ1v) is 9.69. The highest BCUT2D eigenvalue weighted by molar-refractivity contribution is 6.04. The third-order valence-corrected chi connectivity index (χ3v) is 5.07. The summed E-state index contributed by atoms with van der Waals surface area (Å²) in [5.41, 5.74) is 3.78. The van der Waals surface area contributed by atoms with E-state index in [9.17, 15) is 0 Å². The quantitative estimate of drug-likeness (QED) is 0.423. The van der Waals surface area contributed by atoms with Gasteiger partial charge in [-0.25, -0.2) is 0 Å². The topological polar surface area (TPSA) is 51.6 Å². The van der Waals surface area contributed by atoms with Gasteiger partial charge in [-0.05, 0) is 0 Å². The molecule has 4 heteroatoms. The zero-order valence-corrected chi connectivity index (χ0v) is 17.4. The largest absolute Gasteiger partial charge is 0.158 e. The van der Waals surface area contributed by atoms with Gasteiger partial charge in [0.25, 0.3) is 0 Å². The molecule has 0 aliphatic carbocycles. The fourth-order valence-electron chi connectivity index (χ4n) is 3.73. The van der Waals surface area contributed by atoms with Gasteiger partial charge in [-0.15, -0.1) is 5.10 Å². The zero-order valence-electron chi connectivity index (χ0n) is 17.4. The first kappa shape index (κ1) is 18.5. The Labute approximate surface area is 166 Å². The van der Waals surface area contributed by atoms with Gasteiger partial charge in [0.05, 0.1) is 17.6 Å². The van der Waals surface area contributed by atoms with Crippen molar-refractivity contribution >= 4 is 21.5 Å². The van der Waals surface area contributed by atoms with Crippen molar-refractivity contribution in [1.29, 1.82) is 0 Å². The van der Waals surface area contributed by atoms with Crippen molar-refractivity contribution in [3.63, 3.8) is 0 Å². The molecule has 4 nitrogen and oxygen atoms in total. The van der Waals surface area contributed by atoms with Gasteiger partial charge >= 0.3 is 0 Å². The lowest BCUT2D eigenvalue weighted by Gasteiger charge is -2.21. The minimum atomic E-state index is -0.0883. The van der Waals surface area contributed by atoms with Crippen LogP contribution in [-0.4, -0.2) is 20.4 Å². The summed E-state index contributed by atoms with van der Waals surface area (Å²) < 4.78 is 0. The van der Waals surface area contributed by atoms with E-state index >= 15 is 0 Å². The Morgan fingerprint density at radius 2 is 1.14 bits per heavy atom. The second kappa shape index (κ2) is 6.33. The molecule has 0 aliphatic heterocycles. The number of rotatable bonds is 1. The van der Waals surface area contributed by atoms with Gasteiger partial charge < -0.3 is 0 Å². The van der Waals surface area contributed by atoms with Crippen LogP contribution in [0.2, 0.25) is 0 Å². The molecule has 0 bridgehead atoms. The number of hydrogen-bond acceptors (Lipinski definition) is 4. The molecule has 4 aromatic rings. The van der Waals surface area contributed by atoms with Crippen LogP contribution in [0.5, 0.6) is 0 Å². The van der Waals surface area contributed by atoms with Gasteiger partial charge in [0, 0.05) is 37.9 Å². The average Bonchev–Trinajstić information content (AvgIpc) is 2.64. The van der Waals surface area contributed by atoms with Crippen LogP contribution in [0.25, 0.3) is 32.8 Å². The van der Waals surface area contributed by atoms with Crippen LogP contribution in [0.4, 0.5) is 0 Å². The van der Waals surface area contributed by atoms with Gasteiger partial charge in [0.15, 0.2) is 0 Å². The third-order valence-electron chi connectivity index (χ3n) is 5.07. The summed E-state index contributed by atoms with van der Waals surface area (Å²) >= 11 is 0. The molecular weight excluding hydrogens is 344 g/mol. The molecule has 2 aromatic heterocycles. The first-order chi connectivity index (χ1) is 13.2. The molecule has 0 saturated carbocycles. The summed E-state index contributed by atoms with van der Waals surface area (Å²) in [6, 6.07) is 14.7. The van der Waals surface area contributed by atoms with Gasteiger partial charge in [-0.1, -0.05) is 84.0 Å². The van der Waals surface area contributed by atoms with E-state index in [0.29, 0.717) is 0 Å². The van der Waals surface area contributed by atoms with E-state index in [1.807, 2.05) is 6.20 Å². The van der Waals surface area contributed by atoms with Crippen LogP contribution in [0.15, 0.2) is 48.7 Å². The maximum Gasteiger partial charge on any atom is 0.101 e. The summed E-state index contributed by atoms with van der Waals surface area (Å²) in [6.45, 7) is 13.0. The summed E-state index contributed by atoms with van der Waals surface area (Å²) in [7, 11) is 0. The highest BCUT2D eigenvalue weighted by Crippen LogP contribution is 2.37. The van der Waals surface area contributed by atoms with E-state index in [1.165, 1.54) is 0 Å². The summed E-state index contributed by atoms with van der Waals surface area (Å²) in [5.74, 6) is 0. The minimum absolute atomic E-state index is 0.0746. The molecule has 0 amide bonds. The number of fused-ring (bicyclic) bond motifs is 2. The first-order valence-electron chi connectivity index (χ1n) is 9.69. The maximum absolute atomic E-state index is 4.69. The predicted octanol–water partition coefficient (Wildman–Crippen LogP) is 5.84. The lowest BCUT2D eigenvalue weighted by Crippen LogP contribution is -2.16. The van der Waals surface area contributed by atoms with E-state index in [2.05, 4.69) is 104 Å². The molecule has 0 atom stereocenters. The molecule has 4 rings (SSSR count). The molecule has 28 heavy (non-hydrogen) atoms. The van der Waals surface area contributed by atoms with E-state index in [1.54, 1.807) is 0 Å². The molecule has 0 spiro atoms. The molecule has 0 N–H and O–H groups in total. The van der Waals surface area contributed by atoms with Gasteiger partial charge in [0.2, 0.25) is 0 Å². The molecule has 142 valence electrons. The maximum atomic E-state index is 4.69. The Morgan fingerprint density at radius 1 is 0.571 bits per heavy atom. The fraction of sp³-hybridized carbons (Fsp3) is 0.333. The monoisotopic (exact) mass is 370 g/mol. The Bertz CT molecular complexity index is 1130. The Morgan fingerprint density at radius 3 is 1.82 bits per heavy atom. The van der Waals surface area contributed by atoms with Crippen molar-refractivity contribution in [3.05, 3.63) is 60.0 Å². The van der Waals surface area contributed by atoms with Crippen LogP contribution in [0.1, 0.15) is 52.9 Å². The number of aromatic nitrogens is 4. The van der Waals surface area contributed by atoms with Crippen molar-refractivity contribution in [2.45, 2.75) is 52.4 Å². The number of benzene rings is 2. The van der Waals surface area contributed by atoms with Gasteiger partial charge in [-0.2, -0.15) is 15.3 Å². The Hall–Kier alpha value is -2.88. The SMILES string of the molecule is CC(C)(C)c1nncc2c(-c3nnc(C(C)(C)C)c4ccccc34)cccc12. The predicted molar refractivity (Wildman–Crippen MR) is 115 cm³/mol. The fourth-order valence-corrected chi connectivity index (χ4v) is 3.73. The standard InChI is InChI=1S/C24H26N4/c1-23(2,3)21-18-13-9-12-16(19(18)14-25-27-21)20-15-10-7-8-11-17(15)22(28-26-20)24(4,5)6/h7-14H,1-6H3. The van der Waals surface area contributed by atoms with Crippen molar-refractivity contribution in [1.82, 2.24) is 20.4 Å². The van der Waals surface area contributed by atoms with Crippen molar-refractivity contribution < 1.29 is 0 Å². The van der Waals surface area contributed by atoms with Crippen molar-refractivity contribution in [3.8, 4) is 11.3 Å². The molecule has 0 saturated heterocycles. The van der Waals surface area contributed by atoms with Crippen molar-refractivity contribution in [2.75, 3.05) is 0 Å². The van der Waals surface area contributed by atoms with E-state index < -0.39 is 0 Å². The van der Waals surface area contributed by atoms with Crippen LogP contribution < -0.4 is 0 Å².